The van der Waals surface area contributed by atoms with Crippen LogP contribution in [0.2, 0.25) is 0 Å². The lowest BCUT2D eigenvalue weighted by molar-refractivity contribution is -0.131. The topological polar surface area (TPSA) is 111 Å². The number of carbonyl (C=O) groups excluding carboxylic acids is 2. The van der Waals surface area contributed by atoms with Crippen LogP contribution in [0, 0.1) is 5.92 Å². The van der Waals surface area contributed by atoms with Gasteiger partial charge >= 0.3 is 5.69 Å². The summed E-state index contributed by atoms with van der Waals surface area (Å²) in [4.78, 5) is 34.8. The van der Waals surface area contributed by atoms with Crippen LogP contribution < -0.4 is 16.5 Å². The Morgan fingerprint density at radius 2 is 2.00 bits per heavy atom. The molecule has 0 unspecified atom stereocenters. The SMILES string of the molecule is CC(C)C(=O)NNC(=O)Cn1nnn(C2CCC2)c1=O. The molecule has 1 aromatic rings. The first-order valence-corrected chi connectivity index (χ1v) is 6.60. The molecule has 1 saturated carbocycles. The van der Waals surface area contributed by atoms with Crippen molar-refractivity contribution in [2.24, 2.45) is 5.92 Å². The fraction of sp³-hybridized carbons (Fsp3) is 0.727. The Hall–Kier alpha value is -2.19. The van der Waals surface area contributed by atoms with Crippen molar-refractivity contribution in [3.8, 4) is 0 Å². The van der Waals surface area contributed by atoms with Gasteiger partial charge in [0.25, 0.3) is 5.91 Å². The molecule has 9 nitrogen and oxygen atoms in total. The third-order valence-electron chi connectivity index (χ3n) is 3.22. The number of nitrogens with one attached hydrogen (secondary N) is 2. The van der Waals surface area contributed by atoms with E-state index in [1.54, 1.807) is 13.8 Å². The predicted octanol–water partition coefficient (Wildman–Crippen LogP) is -1.03. The second-order valence-corrected chi connectivity index (χ2v) is 5.14. The normalized spacial score (nSPS) is 14.9. The molecule has 0 spiro atoms. The van der Waals surface area contributed by atoms with Gasteiger partial charge in [0.15, 0.2) is 0 Å². The third kappa shape index (κ3) is 3.03. The average molecular weight is 282 g/mol. The first-order valence-electron chi connectivity index (χ1n) is 6.60. The maximum absolute atomic E-state index is 11.9. The molecular weight excluding hydrogens is 264 g/mol. The molecule has 0 saturated heterocycles. The van der Waals surface area contributed by atoms with E-state index in [-0.39, 0.29) is 24.4 Å². The molecular formula is C11H18N6O3. The van der Waals surface area contributed by atoms with E-state index in [1.807, 2.05) is 0 Å². The van der Waals surface area contributed by atoms with Crippen LogP contribution in [0.1, 0.15) is 39.2 Å². The largest absolute Gasteiger partial charge is 0.364 e. The van der Waals surface area contributed by atoms with E-state index in [4.69, 9.17) is 0 Å². The summed E-state index contributed by atoms with van der Waals surface area (Å²) in [7, 11) is 0. The Labute approximate surface area is 115 Å². The number of hydrogen-bond donors (Lipinski definition) is 2. The maximum atomic E-state index is 11.9. The molecule has 110 valence electrons. The molecule has 1 aliphatic carbocycles. The van der Waals surface area contributed by atoms with Crippen molar-refractivity contribution in [1.82, 2.24) is 30.6 Å². The zero-order chi connectivity index (χ0) is 14.7. The Kier molecular flexibility index (Phi) is 4.16. The molecule has 0 aliphatic heterocycles. The Bertz CT molecular complexity index is 557. The fourth-order valence-electron chi connectivity index (χ4n) is 1.70. The predicted molar refractivity (Wildman–Crippen MR) is 68.3 cm³/mol. The van der Waals surface area contributed by atoms with Crippen LogP contribution in [-0.4, -0.2) is 31.6 Å². The summed E-state index contributed by atoms with van der Waals surface area (Å²) in [6.07, 6.45) is 2.90. The minimum absolute atomic E-state index is 0.0972. The Morgan fingerprint density at radius 1 is 1.30 bits per heavy atom. The lowest BCUT2D eigenvalue weighted by Gasteiger charge is -2.23. The number of rotatable bonds is 4. The van der Waals surface area contributed by atoms with Crippen LogP contribution in [0.25, 0.3) is 0 Å². The summed E-state index contributed by atoms with van der Waals surface area (Å²) < 4.78 is 2.29. The van der Waals surface area contributed by atoms with E-state index in [2.05, 4.69) is 21.3 Å². The van der Waals surface area contributed by atoms with Gasteiger partial charge in [-0.05, 0) is 29.7 Å². The zero-order valence-corrected chi connectivity index (χ0v) is 11.5. The molecule has 1 aliphatic rings. The summed E-state index contributed by atoms with van der Waals surface area (Å²) in [5.74, 6) is -1.07. The molecule has 1 heterocycles. The van der Waals surface area contributed by atoms with E-state index >= 15 is 0 Å². The molecule has 1 aromatic heterocycles. The van der Waals surface area contributed by atoms with Gasteiger partial charge in [-0.2, -0.15) is 9.36 Å². The second kappa shape index (κ2) is 5.85. The molecule has 20 heavy (non-hydrogen) atoms. The molecule has 0 aromatic carbocycles. The minimum Gasteiger partial charge on any atom is -0.273 e. The van der Waals surface area contributed by atoms with Gasteiger partial charge in [-0.1, -0.05) is 13.8 Å². The Balaban J connectivity index is 1.90. The van der Waals surface area contributed by atoms with Gasteiger partial charge in [-0.15, -0.1) is 0 Å². The van der Waals surface area contributed by atoms with E-state index in [9.17, 15) is 14.4 Å². The highest BCUT2D eigenvalue weighted by Crippen LogP contribution is 2.28. The number of hydrogen-bond acceptors (Lipinski definition) is 5. The van der Waals surface area contributed by atoms with Gasteiger partial charge in [0, 0.05) is 5.92 Å². The molecule has 1 fully saturated rings. The molecule has 2 N–H and O–H groups in total. The molecule has 2 rings (SSSR count). The number of nitrogens with zero attached hydrogens (tertiary/aromatic N) is 4. The standard InChI is InChI=1S/C11H18N6O3/c1-7(2)10(19)13-12-9(18)6-16-11(20)17(15-14-16)8-4-3-5-8/h7-8H,3-6H2,1-2H3,(H,12,18)(H,13,19). The lowest BCUT2D eigenvalue weighted by atomic mass is 9.93. The van der Waals surface area contributed by atoms with Crippen molar-refractivity contribution in [2.45, 2.75) is 45.7 Å². The summed E-state index contributed by atoms with van der Waals surface area (Å²) in [6.45, 7) is 3.14. The smallest absolute Gasteiger partial charge is 0.273 e. The van der Waals surface area contributed by atoms with Gasteiger partial charge in [0.2, 0.25) is 5.91 Å². The van der Waals surface area contributed by atoms with Gasteiger partial charge in [0.05, 0.1) is 6.04 Å². The summed E-state index contributed by atoms with van der Waals surface area (Å²) in [5.41, 5.74) is 4.09. The number of hydrazine groups is 1. The maximum Gasteiger partial charge on any atom is 0.364 e. The van der Waals surface area contributed by atoms with Gasteiger partial charge < -0.3 is 0 Å². The number of tetrazole rings is 1. The number of carbonyl (C=O) groups is 2. The van der Waals surface area contributed by atoms with E-state index in [1.165, 1.54) is 4.68 Å². The minimum atomic E-state index is -0.526. The first kappa shape index (κ1) is 14.2. The molecule has 9 heteroatoms. The van der Waals surface area contributed by atoms with Crippen LogP contribution in [-0.2, 0) is 16.1 Å². The van der Waals surface area contributed by atoms with Gasteiger partial charge in [-0.25, -0.2) is 4.79 Å². The van der Waals surface area contributed by atoms with Crippen molar-refractivity contribution < 1.29 is 9.59 Å². The van der Waals surface area contributed by atoms with E-state index < -0.39 is 11.6 Å². The third-order valence-corrected chi connectivity index (χ3v) is 3.22. The van der Waals surface area contributed by atoms with Crippen molar-refractivity contribution in [3.05, 3.63) is 10.5 Å². The van der Waals surface area contributed by atoms with Crippen molar-refractivity contribution in [3.63, 3.8) is 0 Å². The van der Waals surface area contributed by atoms with Crippen molar-refractivity contribution in [2.75, 3.05) is 0 Å². The van der Waals surface area contributed by atoms with Crippen LogP contribution >= 0.6 is 0 Å². The van der Waals surface area contributed by atoms with Crippen LogP contribution in [0.5, 0.6) is 0 Å². The summed E-state index contributed by atoms with van der Waals surface area (Å²) >= 11 is 0. The number of amides is 2. The molecule has 0 bridgehead atoms. The van der Waals surface area contributed by atoms with Crippen LogP contribution in [0.15, 0.2) is 4.79 Å². The second-order valence-electron chi connectivity index (χ2n) is 5.14. The monoisotopic (exact) mass is 282 g/mol. The quantitative estimate of drug-likeness (QED) is 0.686. The molecule has 0 atom stereocenters. The van der Waals surface area contributed by atoms with Crippen LogP contribution in [0.4, 0.5) is 0 Å². The highest BCUT2D eigenvalue weighted by molar-refractivity contribution is 5.82. The van der Waals surface area contributed by atoms with Crippen LogP contribution in [0.3, 0.4) is 0 Å². The highest BCUT2D eigenvalue weighted by Gasteiger charge is 2.24. The van der Waals surface area contributed by atoms with E-state index in [0.717, 1.165) is 23.9 Å². The average Bonchev–Trinajstić information content (AvgIpc) is 2.67. The fourth-order valence-corrected chi connectivity index (χ4v) is 1.70. The zero-order valence-electron chi connectivity index (χ0n) is 11.5. The summed E-state index contributed by atoms with van der Waals surface area (Å²) in [6, 6.07) is 0.0972. The van der Waals surface area contributed by atoms with Gasteiger partial charge in [0.1, 0.15) is 6.54 Å². The molecule has 0 radical (unpaired) electrons. The highest BCUT2D eigenvalue weighted by atomic mass is 16.2. The first-order chi connectivity index (χ1) is 9.49. The van der Waals surface area contributed by atoms with Crippen molar-refractivity contribution in [1.29, 1.82) is 0 Å². The Morgan fingerprint density at radius 3 is 2.55 bits per heavy atom. The number of aromatic nitrogens is 4. The summed E-state index contributed by atoms with van der Waals surface area (Å²) in [5, 5.41) is 7.43. The van der Waals surface area contributed by atoms with Gasteiger partial charge in [-0.3, -0.25) is 20.4 Å². The lowest BCUT2D eigenvalue weighted by Crippen LogP contribution is -2.46. The van der Waals surface area contributed by atoms with E-state index in [0.29, 0.717) is 0 Å². The molecule has 2 amide bonds. The van der Waals surface area contributed by atoms with Crippen molar-refractivity contribution >= 4 is 11.8 Å².